The van der Waals surface area contributed by atoms with Gasteiger partial charge in [-0.1, -0.05) is 6.07 Å². The molecule has 1 aliphatic rings. The van der Waals surface area contributed by atoms with Crippen molar-refractivity contribution in [3.05, 3.63) is 35.1 Å². The molecule has 1 aromatic carbocycles. The van der Waals surface area contributed by atoms with Gasteiger partial charge in [0, 0.05) is 31.2 Å². The number of benzene rings is 1. The largest absolute Gasteiger partial charge is 0.416 e. The number of piperazine rings is 1. The maximum Gasteiger partial charge on any atom is 0.416 e. The van der Waals surface area contributed by atoms with Crippen LogP contribution in [0.25, 0.3) is 0 Å². The first kappa shape index (κ1) is 15.2. The van der Waals surface area contributed by atoms with Gasteiger partial charge in [-0.2, -0.15) is 13.2 Å². The van der Waals surface area contributed by atoms with Gasteiger partial charge in [-0.05, 0) is 12.1 Å². The second-order valence-corrected chi connectivity index (χ2v) is 3.94. The number of nitrogens with one attached hydrogen (secondary N) is 2. The second-order valence-electron chi connectivity index (χ2n) is 3.94. The van der Waals surface area contributed by atoms with Crippen LogP contribution in [0.5, 0.6) is 0 Å². The minimum Gasteiger partial charge on any atom is -0.314 e. The Labute approximate surface area is 108 Å². The molecule has 0 aliphatic carbocycles. The van der Waals surface area contributed by atoms with Crippen molar-refractivity contribution in [1.82, 2.24) is 10.6 Å². The van der Waals surface area contributed by atoms with Gasteiger partial charge in [-0.15, -0.1) is 12.4 Å². The van der Waals surface area contributed by atoms with Crippen LogP contribution in [0.2, 0.25) is 0 Å². The van der Waals surface area contributed by atoms with E-state index in [4.69, 9.17) is 0 Å². The monoisotopic (exact) mass is 284 g/mol. The maximum atomic E-state index is 13.6. The second kappa shape index (κ2) is 5.86. The average Bonchev–Trinajstić information content (AvgIpc) is 2.29. The van der Waals surface area contributed by atoms with E-state index in [-0.39, 0.29) is 24.0 Å². The van der Waals surface area contributed by atoms with Gasteiger partial charge in [0.1, 0.15) is 5.82 Å². The van der Waals surface area contributed by atoms with E-state index in [0.29, 0.717) is 19.2 Å². The van der Waals surface area contributed by atoms with Crippen LogP contribution in [-0.4, -0.2) is 19.6 Å². The van der Waals surface area contributed by atoms with Crippen molar-refractivity contribution in [3.63, 3.8) is 0 Å². The molecule has 18 heavy (non-hydrogen) atoms. The zero-order chi connectivity index (χ0) is 12.5. The Hall–Kier alpha value is -0.850. The van der Waals surface area contributed by atoms with Crippen LogP contribution >= 0.6 is 12.4 Å². The van der Waals surface area contributed by atoms with E-state index in [1.807, 2.05) is 0 Å². The summed E-state index contributed by atoms with van der Waals surface area (Å²) in [5.74, 6) is -0.818. The SMILES string of the molecule is Cl.Fc1cc(C(F)(F)F)ccc1[C@H]1CNCCN1. The van der Waals surface area contributed by atoms with Crippen molar-refractivity contribution in [1.29, 1.82) is 0 Å². The zero-order valence-electron chi connectivity index (χ0n) is 9.35. The first-order valence-electron chi connectivity index (χ1n) is 5.29. The van der Waals surface area contributed by atoms with Crippen LogP contribution in [0, 0.1) is 5.82 Å². The lowest BCUT2D eigenvalue weighted by atomic mass is 10.0. The molecular formula is C11H13ClF4N2. The molecule has 1 atom stereocenters. The molecule has 1 saturated heterocycles. The summed E-state index contributed by atoms with van der Waals surface area (Å²) in [7, 11) is 0. The van der Waals surface area contributed by atoms with Crippen LogP contribution in [0.3, 0.4) is 0 Å². The highest BCUT2D eigenvalue weighted by atomic mass is 35.5. The molecule has 2 nitrogen and oxygen atoms in total. The molecule has 0 radical (unpaired) electrons. The molecule has 1 aromatic rings. The summed E-state index contributed by atoms with van der Waals surface area (Å²) in [4.78, 5) is 0. The predicted octanol–water partition coefficient (Wildman–Crippen LogP) is 2.50. The van der Waals surface area contributed by atoms with Gasteiger partial charge in [0.15, 0.2) is 0 Å². The van der Waals surface area contributed by atoms with Crippen LogP contribution in [0.1, 0.15) is 17.2 Å². The highest BCUT2D eigenvalue weighted by Crippen LogP contribution is 2.31. The van der Waals surface area contributed by atoms with Crippen LogP contribution < -0.4 is 10.6 Å². The van der Waals surface area contributed by atoms with E-state index in [1.54, 1.807) is 0 Å². The van der Waals surface area contributed by atoms with E-state index < -0.39 is 17.6 Å². The Bertz CT molecular complexity index is 403. The Morgan fingerprint density at radius 2 is 1.89 bits per heavy atom. The van der Waals surface area contributed by atoms with Crippen LogP contribution in [0.15, 0.2) is 18.2 Å². The number of hydrogen-bond acceptors (Lipinski definition) is 2. The third-order valence-electron chi connectivity index (χ3n) is 2.74. The molecule has 0 bridgehead atoms. The van der Waals surface area contributed by atoms with Gasteiger partial charge >= 0.3 is 6.18 Å². The molecule has 1 fully saturated rings. The molecule has 0 saturated carbocycles. The summed E-state index contributed by atoms with van der Waals surface area (Å²) < 4.78 is 50.6. The van der Waals surface area contributed by atoms with Crippen molar-refractivity contribution >= 4 is 12.4 Å². The molecule has 7 heteroatoms. The first-order valence-corrected chi connectivity index (χ1v) is 5.29. The van der Waals surface area contributed by atoms with Gasteiger partial charge in [0.2, 0.25) is 0 Å². The molecule has 0 spiro atoms. The lowest BCUT2D eigenvalue weighted by Gasteiger charge is -2.25. The molecular weight excluding hydrogens is 272 g/mol. The predicted molar refractivity (Wildman–Crippen MR) is 62.3 cm³/mol. The molecule has 0 aromatic heterocycles. The number of alkyl halides is 3. The summed E-state index contributed by atoms with van der Waals surface area (Å²) >= 11 is 0. The summed E-state index contributed by atoms with van der Waals surface area (Å²) in [5.41, 5.74) is -0.687. The number of rotatable bonds is 1. The quantitative estimate of drug-likeness (QED) is 0.774. The van der Waals surface area contributed by atoms with Gasteiger partial charge in [-0.25, -0.2) is 4.39 Å². The Morgan fingerprint density at radius 3 is 2.39 bits per heavy atom. The van der Waals surface area contributed by atoms with E-state index in [0.717, 1.165) is 12.6 Å². The smallest absolute Gasteiger partial charge is 0.314 e. The molecule has 1 aliphatic heterocycles. The molecule has 2 N–H and O–H groups in total. The molecule has 2 rings (SSSR count). The van der Waals surface area contributed by atoms with E-state index >= 15 is 0 Å². The van der Waals surface area contributed by atoms with Crippen molar-refractivity contribution in [3.8, 4) is 0 Å². The Balaban J connectivity index is 0.00000162. The van der Waals surface area contributed by atoms with Crippen LogP contribution in [0.4, 0.5) is 17.6 Å². The minimum atomic E-state index is -4.50. The lowest BCUT2D eigenvalue weighted by Crippen LogP contribution is -2.43. The fourth-order valence-electron chi connectivity index (χ4n) is 1.86. The standard InChI is InChI=1S/C11H12F4N2.ClH/c12-9-5-7(11(13,14)15)1-2-8(9)10-6-16-3-4-17-10;/h1-2,5,10,16-17H,3-4,6H2;1H/t10-;/m1./s1. The molecule has 1 heterocycles. The maximum absolute atomic E-state index is 13.6. The number of halogens is 5. The lowest BCUT2D eigenvalue weighted by molar-refractivity contribution is -0.137. The fourth-order valence-corrected chi connectivity index (χ4v) is 1.86. The first-order chi connectivity index (χ1) is 7.98. The Morgan fingerprint density at radius 1 is 1.17 bits per heavy atom. The normalized spacial score (nSPS) is 20.3. The van der Waals surface area contributed by atoms with E-state index in [2.05, 4.69) is 10.6 Å². The van der Waals surface area contributed by atoms with Gasteiger partial charge in [-0.3, -0.25) is 0 Å². The fraction of sp³-hybridized carbons (Fsp3) is 0.455. The summed E-state index contributed by atoms with van der Waals surface area (Å²) in [5, 5.41) is 6.10. The molecule has 0 unspecified atom stereocenters. The zero-order valence-corrected chi connectivity index (χ0v) is 10.2. The van der Waals surface area contributed by atoms with Gasteiger partial charge < -0.3 is 10.6 Å². The van der Waals surface area contributed by atoms with Crippen molar-refractivity contribution in [2.75, 3.05) is 19.6 Å². The van der Waals surface area contributed by atoms with E-state index in [9.17, 15) is 17.6 Å². The van der Waals surface area contributed by atoms with Crippen molar-refractivity contribution in [2.24, 2.45) is 0 Å². The average molecular weight is 285 g/mol. The topological polar surface area (TPSA) is 24.1 Å². The van der Waals surface area contributed by atoms with Gasteiger partial charge in [0.05, 0.1) is 5.56 Å². The van der Waals surface area contributed by atoms with Crippen molar-refractivity contribution < 1.29 is 17.6 Å². The van der Waals surface area contributed by atoms with Crippen LogP contribution in [-0.2, 0) is 6.18 Å². The third kappa shape index (κ3) is 3.34. The summed E-state index contributed by atoms with van der Waals surface area (Å²) in [6.45, 7) is 1.96. The minimum absolute atomic E-state index is 0. The highest BCUT2D eigenvalue weighted by Gasteiger charge is 2.31. The molecule has 102 valence electrons. The number of hydrogen-bond donors (Lipinski definition) is 2. The Kier molecular flexibility index (Phi) is 4.95. The van der Waals surface area contributed by atoms with E-state index in [1.165, 1.54) is 6.07 Å². The summed E-state index contributed by atoms with van der Waals surface area (Å²) in [6.07, 6.45) is -4.50. The third-order valence-corrected chi connectivity index (χ3v) is 2.74. The van der Waals surface area contributed by atoms with Gasteiger partial charge in [0.25, 0.3) is 0 Å². The highest BCUT2D eigenvalue weighted by molar-refractivity contribution is 5.85. The van der Waals surface area contributed by atoms with Crippen molar-refractivity contribution in [2.45, 2.75) is 12.2 Å². The molecule has 0 amide bonds. The summed E-state index contributed by atoms with van der Waals surface area (Å²) in [6, 6.07) is 2.38.